The average Bonchev–Trinajstić information content (AvgIpc) is 2.74. The number of likely N-dealkylation sites (N-methyl/N-ethyl adjacent to an activating group) is 1. The smallest absolute Gasteiger partial charge is 0.253 e. The summed E-state index contributed by atoms with van der Waals surface area (Å²) in [6.07, 6.45) is 5.24. The molecular weight excluding hydrogens is 296 g/mol. The molecule has 1 N–H and O–H groups in total. The fraction of sp³-hybridized carbons (Fsp3) is 0.538. The van der Waals surface area contributed by atoms with Gasteiger partial charge in [-0.2, -0.15) is 0 Å². The predicted octanol–water partition coefficient (Wildman–Crippen LogP) is 2.22. The van der Waals surface area contributed by atoms with Crippen molar-refractivity contribution in [2.24, 2.45) is 0 Å². The Kier molecular flexibility index (Phi) is 4.02. The number of aliphatic hydroxyl groups is 1. The van der Waals surface area contributed by atoms with E-state index in [0.29, 0.717) is 16.7 Å². The van der Waals surface area contributed by atoms with Crippen LogP contribution in [0.3, 0.4) is 0 Å². The highest BCUT2D eigenvalue weighted by molar-refractivity contribution is 9.10. The molecule has 1 heterocycles. The molecule has 0 unspecified atom stereocenters. The highest BCUT2D eigenvalue weighted by Crippen LogP contribution is 2.30. The van der Waals surface area contributed by atoms with E-state index in [4.69, 9.17) is 0 Å². The fourth-order valence-corrected chi connectivity index (χ4v) is 2.83. The first-order valence-electron chi connectivity index (χ1n) is 6.10. The number of rotatable bonds is 3. The first-order valence-corrected chi connectivity index (χ1v) is 6.89. The Hall–Kier alpha value is -0.940. The molecule has 5 heteroatoms. The van der Waals surface area contributed by atoms with Crippen molar-refractivity contribution in [3.05, 3.63) is 28.5 Å². The van der Waals surface area contributed by atoms with E-state index in [9.17, 15) is 9.90 Å². The van der Waals surface area contributed by atoms with Crippen LogP contribution in [0.5, 0.6) is 0 Å². The lowest BCUT2D eigenvalue weighted by Crippen LogP contribution is -2.42. The molecule has 2 rings (SSSR count). The molecule has 1 aromatic heterocycles. The second-order valence-corrected chi connectivity index (χ2v) is 5.77. The van der Waals surface area contributed by atoms with Gasteiger partial charge in [-0.25, -0.2) is 4.98 Å². The van der Waals surface area contributed by atoms with E-state index in [1.165, 1.54) is 0 Å². The summed E-state index contributed by atoms with van der Waals surface area (Å²) in [4.78, 5) is 17.8. The lowest BCUT2D eigenvalue weighted by Gasteiger charge is -2.28. The number of carbonyl (C=O) groups excluding carboxylic acids is 1. The third-order valence-electron chi connectivity index (χ3n) is 3.39. The molecule has 0 atom stereocenters. The maximum atomic E-state index is 12.2. The number of halogens is 1. The normalized spacial score (nSPS) is 17.7. The van der Waals surface area contributed by atoms with Gasteiger partial charge in [0.2, 0.25) is 0 Å². The molecule has 1 saturated carbocycles. The van der Waals surface area contributed by atoms with E-state index in [1.807, 2.05) is 0 Å². The van der Waals surface area contributed by atoms with Crippen molar-refractivity contribution in [1.29, 1.82) is 0 Å². The molecule has 0 aliphatic heterocycles. The molecule has 1 aromatic rings. The van der Waals surface area contributed by atoms with Crippen LogP contribution in [0.25, 0.3) is 0 Å². The SMILES string of the molecule is CN(CC1(O)CCCC1)C(=O)c1ccnc(Br)c1. The van der Waals surface area contributed by atoms with E-state index < -0.39 is 5.60 Å². The molecule has 0 spiro atoms. The van der Waals surface area contributed by atoms with E-state index in [0.717, 1.165) is 25.7 Å². The van der Waals surface area contributed by atoms with Crippen LogP contribution in [-0.2, 0) is 0 Å². The maximum absolute atomic E-state index is 12.2. The number of carbonyl (C=O) groups is 1. The standard InChI is InChI=1S/C13H17BrN2O2/c1-16(9-13(18)5-2-3-6-13)12(17)10-4-7-15-11(14)8-10/h4,7-8,18H,2-3,5-6,9H2,1H3. The summed E-state index contributed by atoms with van der Waals surface area (Å²) in [6, 6.07) is 3.37. The molecule has 1 amide bonds. The van der Waals surface area contributed by atoms with Crippen molar-refractivity contribution in [3.63, 3.8) is 0 Å². The molecule has 1 aliphatic carbocycles. The Bertz CT molecular complexity index is 444. The van der Waals surface area contributed by atoms with Gasteiger partial charge in [0.25, 0.3) is 5.91 Å². The van der Waals surface area contributed by atoms with Crippen molar-refractivity contribution in [1.82, 2.24) is 9.88 Å². The number of hydrogen-bond donors (Lipinski definition) is 1. The van der Waals surface area contributed by atoms with Crippen molar-refractivity contribution < 1.29 is 9.90 Å². The molecule has 18 heavy (non-hydrogen) atoms. The second-order valence-electron chi connectivity index (χ2n) is 4.96. The molecule has 4 nitrogen and oxygen atoms in total. The molecular formula is C13H17BrN2O2. The summed E-state index contributed by atoms with van der Waals surface area (Å²) in [5.41, 5.74) is -0.115. The Morgan fingerprint density at radius 2 is 2.22 bits per heavy atom. The van der Waals surface area contributed by atoms with E-state index in [1.54, 1.807) is 30.3 Å². The third kappa shape index (κ3) is 3.09. The van der Waals surface area contributed by atoms with Crippen LogP contribution < -0.4 is 0 Å². The summed E-state index contributed by atoms with van der Waals surface area (Å²) < 4.78 is 0.640. The number of hydrogen-bond acceptors (Lipinski definition) is 3. The van der Waals surface area contributed by atoms with Gasteiger partial charge >= 0.3 is 0 Å². The molecule has 0 radical (unpaired) electrons. The molecule has 0 saturated heterocycles. The van der Waals surface area contributed by atoms with Gasteiger partial charge in [0.1, 0.15) is 4.60 Å². The van der Waals surface area contributed by atoms with Crippen LogP contribution in [0.2, 0.25) is 0 Å². The minimum Gasteiger partial charge on any atom is -0.388 e. The van der Waals surface area contributed by atoms with Crippen molar-refractivity contribution in [2.75, 3.05) is 13.6 Å². The summed E-state index contributed by atoms with van der Waals surface area (Å²) in [5.74, 6) is -0.0848. The van der Waals surface area contributed by atoms with E-state index in [2.05, 4.69) is 20.9 Å². The minimum atomic E-state index is -0.700. The fourth-order valence-electron chi connectivity index (χ4n) is 2.46. The molecule has 98 valence electrons. The zero-order chi connectivity index (χ0) is 13.2. The zero-order valence-electron chi connectivity index (χ0n) is 10.4. The zero-order valence-corrected chi connectivity index (χ0v) is 12.0. The minimum absolute atomic E-state index is 0.0848. The quantitative estimate of drug-likeness (QED) is 0.871. The second kappa shape index (κ2) is 5.36. The maximum Gasteiger partial charge on any atom is 0.253 e. The molecule has 1 aliphatic rings. The van der Waals surface area contributed by atoms with Gasteiger partial charge < -0.3 is 10.0 Å². The largest absolute Gasteiger partial charge is 0.388 e. The Morgan fingerprint density at radius 3 is 2.83 bits per heavy atom. The highest BCUT2D eigenvalue weighted by atomic mass is 79.9. The Labute approximate surface area is 115 Å². The van der Waals surface area contributed by atoms with Gasteiger partial charge in [0.15, 0.2) is 0 Å². The number of amides is 1. The van der Waals surface area contributed by atoms with Crippen LogP contribution in [0.4, 0.5) is 0 Å². The van der Waals surface area contributed by atoms with Crippen molar-refractivity contribution >= 4 is 21.8 Å². The number of aromatic nitrogens is 1. The topological polar surface area (TPSA) is 53.4 Å². The van der Waals surface area contributed by atoms with Crippen molar-refractivity contribution in [3.8, 4) is 0 Å². The average molecular weight is 313 g/mol. The van der Waals surface area contributed by atoms with Gasteiger partial charge in [0, 0.05) is 25.4 Å². The van der Waals surface area contributed by atoms with Gasteiger partial charge in [-0.1, -0.05) is 12.8 Å². The first-order chi connectivity index (χ1) is 8.50. The summed E-state index contributed by atoms with van der Waals surface area (Å²) >= 11 is 3.25. The van der Waals surface area contributed by atoms with Crippen LogP contribution in [0.1, 0.15) is 36.0 Å². The number of pyridine rings is 1. The molecule has 0 aromatic carbocycles. The van der Waals surface area contributed by atoms with Crippen molar-refractivity contribution in [2.45, 2.75) is 31.3 Å². The predicted molar refractivity (Wildman–Crippen MR) is 72.3 cm³/mol. The summed E-state index contributed by atoms with van der Waals surface area (Å²) in [7, 11) is 1.73. The third-order valence-corrected chi connectivity index (χ3v) is 3.82. The Morgan fingerprint density at radius 1 is 1.56 bits per heavy atom. The van der Waals surface area contributed by atoms with Gasteiger partial charge in [-0.3, -0.25) is 4.79 Å². The molecule has 0 bridgehead atoms. The number of nitrogens with zero attached hydrogens (tertiary/aromatic N) is 2. The Balaban J connectivity index is 2.04. The van der Waals surface area contributed by atoms with Crippen LogP contribution >= 0.6 is 15.9 Å². The van der Waals surface area contributed by atoms with Crippen LogP contribution in [0.15, 0.2) is 22.9 Å². The van der Waals surface area contributed by atoms with Crippen LogP contribution in [0, 0.1) is 0 Å². The van der Waals surface area contributed by atoms with Crippen LogP contribution in [-0.4, -0.2) is 40.1 Å². The lowest BCUT2D eigenvalue weighted by atomic mass is 10.0. The lowest BCUT2D eigenvalue weighted by molar-refractivity contribution is 0.0156. The van der Waals surface area contributed by atoms with Gasteiger partial charge in [-0.15, -0.1) is 0 Å². The van der Waals surface area contributed by atoms with E-state index in [-0.39, 0.29) is 5.91 Å². The molecule has 1 fully saturated rings. The highest BCUT2D eigenvalue weighted by Gasteiger charge is 2.33. The monoisotopic (exact) mass is 312 g/mol. The first kappa shape index (κ1) is 13.5. The van der Waals surface area contributed by atoms with Gasteiger partial charge in [-0.05, 0) is 40.9 Å². The summed E-state index contributed by atoms with van der Waals surface area (Å²) in [5, 5.41) is 10.3. The van der Waals surface area contributed by atoms with Gasteiger partial charge in [0.05, 0.1) is 5.60 Å². The van der Waals surface area contributed by atoms with E-state index >= 15 is 0 Å². The summed E-state index contributed by atoms with van der Waals surface area (Å²) in [6.45, 7) is 0.395.